The third kappa shape index (κ3) is 5.75. The summed E-state index contributed by atoms with van der Waals surface area (Å²) in [6.07, 6.45) is -7.34. The summed E-state index contributed by atoms with van der Waals surface area (Å²) in [4.78, 5) is 40.9. The molecule has 0 spiro atoms. The Kier molecular flexibility index (Phi) is 8.98. The molecule has 0 saturated carbocycles. The molecule has 1 unspecified atom stereocenters. The van der Waals surface area contributed by atoms with Gasteiger partial charge in [0.05, 0.1) is 18.8 Å². The van der Waals surface area contributed by atoms with Crippen LogP contribution >= 0.6 is 0 Å². The number of ether oxygens (including phenoxy) is 3. The minimum atomic E-state index is -1.81. The zero-order valence-corrected chi connectivity index (χ0v) is 28.0. The molecule has 3 aromatic rings. The van der Waals surface area contributed by atoms with Gasteiger partial charge in [-0.2, -0.15) is 4.99 Å². The van der Waals surface area contributed by atoms with Crippen LogP contribution in [0, 0.1) is 11.3 Å². The molecule has 274 valence electrons. The molecule has 16 nitrogen and oxygen atoms in total. The van der Waals surface area contributed by atoms with E-state index in [9.17, 15) is 40.2 Å². The van der Waals surface area contributed by atoms with Crippen molar-refractivity contribution in [2.24, 2.45) is 20.9 Å². The molecule has 0 amide bonds. The van der Waals surface area contributed by atoms with Crippen LogP contribution in [0.3, 0.4) is 0 Å². The first kappa shape index (κ1) is 34.9. The Bertz CT molecular complexity index is 2130. The van der Waals surface area contributed by atoms with Crippen molar-refractivity contribution in [2.45, 2.75) is 49.5 Å². The lowest BCUT2D eigenvalue weighted by Gasteiger charge is -2.40. The SMILES string of the molecule is N=C1N=C([O-])C2=NC[NH+](c3ccccc3[C@@H]3c4cc5c(c(O)c4O[C@@H]4O[C@@H](COC[C@@H]3CCCO)[C@H](O)[C@@H](O)[C@@H]4O)C(=O)c3ccccc3C5=O)C2=N1. The summed E-state index contributed by atoms with van der Waals surface area (Å²) in [6, 6.07) is 14.8. The molecule has 8 atom stereocenters. The molecule has 2 bridgehead atoms. The first-order valence-electron chi connectivity index (χ1n) is 17.2. The monoisotopic (exact) mass is 725 g/mol. The number of nitrogens with zero attached hydrogens (tertiary/aromatic N) is 3. The minimum Gasteiger partial charge on any atom is -0.857 e. The molecule has 3 aromatic carbocycles. The van der Waals surface area contributed by atoms with Crippen LogP contribution < -0.4 is 14.7 Å². The van der Waals surface area contributed by atoms with Crippen LogP contribution in [0.4, 0.5) is 5.69 Å². The van der Waals surface area contributed by atoms with E-state index in [2.05, 4.69) is 15.0 Å². The summed E-state index contributed by atoms with van der Waals surface area (Å²) in [5.74, 6) is -4.55. The first-order valence-corrected chi connectivity index (χ1v) is 17.2. The number of carbonyl (C=O) groups excluding carboxylic acids is 2. The molecule has 16 heteroatoms. The number of rotatable bonds is 5. The number of carbonyl (C=O) groups is 2. The summed E-state index contributed by atoms with van der Waals surface area (Å²) >= 11 is 0. The van der Waals surface area contributed by atoms with E-state index in [1.54, 1.807) is 36.4 Å². The van der Waals surface area contributed by atoms with Gasteiger partial charge in [0.15, 0.2) is 35.4 Å². The number of hydrogen-bond acceptors (Lipinski definition) is 13. The van der Waals surface area contributed by atoms with E-state index in [4.69, 9.17) is 19.6 Å². The van der Waals surface area contributed by atoms with Gasteiger partial charge in [0.2, 0.25) is 12.2 Å². The number of aliphatic hydroxyl groups is 4. The second-order valence-corrected chi connectivity index (χ2v) is 13.5. The number of guanidine groups is 1. The zero-order chi connectivity index (χ0) is 37.1. The third-order valence-corrected chi connectivity index (χ3v) is 10.4. The topological polar surface area (TPSA) is 251 Å². The molecule has 1 aliphatic carbocycles. The third-order valence-electron chi connectivity index (χ3n) is 10.4. The standard InChI is InChI=1S/C37H35N5O11/c38-37-40-34-26(35(50)41-37)39-15-42(34)22-10-4-3-9-19(22)24-16(6-5-11-43)13-51-14-23-29(46)31(48)32(49)36(52-23)53-33-21(24)12-20-25(30(33)47)28(45)18-8-2-1-7-17(18)27(20)44/h1-4,7-10,12,16,23-24,29,31-32,36,43,46-49H,5-6,11,13-15H2,(H2,38,41,50)/t16-,23-,24+,29-,31+,32-,36-/m0/s1. The number of phenols is 1. The number of amidine groups is 1. The summed E-state index contributed by atoms with van der Waals surface area (Å²) in [5, 5.41) is 75.6. The maximum absolute atomic E-state index is 14.1. The minimum absolute atomic E-state index is 0.0159. The summed E-state index contributed by atoms with van der Waals surface area (Å²) < 4.78 is 18.3. The summed E-state index contributed by atoms with van der Waals surface area (Å²) in [7, 11) is 0. The highest BCUT2D eigenvalue weighted by Crippen LogP contribution is 2.50. The van der Waals surface area contributed by atoms with Gasteiger partial charge >= 0.3 is 0 Å². The number of hydrogen-bond donors (Lipinski definition) is 7. The zero-order valence-electron chi connectivity index (χ0n) is 28.0. The summed E-state index contributed by atoms with van der Waals surface area (Å²) in [6.45, 7) is -0.412. The maximum Gasteiger partial charge on any atom is 0.262 e. The largest absolute Gasteiger partial charge is 0.857 e. The Morgan fingerprint density at radius 3 is 2.42 bits per heavy atom. The van der Waals surface area contributed by atoms with Crippen molar-refractivity contribution >= 4 is 40.7 Å². The van der Waals surface area contributed by atoms with Crippen molar-refractivity contribution in [1.82, 2.24) is 0 Å². The van der Waals surface area contributed by atoms with E-state index in [1.165, 1.54) is 18.2 Å². The van der Waals surface area contributed by atoms with E-state index in [-0.39, 0.29) is 71.6 Å². The fourth-order valence-corrected chi connectivity index (χ4v) is 7.85. The quantitative estimate of drug-likeness (QED) is 0.131. The number of aliphatic hydroxyl groups excluding tert-OH is 4. The fourth-order valence-electron chi connectivity index (χ4n) is 7.85. The molecule has 8 rings (SSSR count). The highest BCUT2D eigenvalue weighted by atomic mass is 16.7. The Labute approximate surface area is 301 Å². The van der Waals surface area contributed by atoms with Crippen molar-refractivity contribution in [3.05, 3.63) is 88.0 Å². The van der Waals surface area contributed by atoms with E-state index < -0.39 is 71.7 Å². The van der Waals surface area contributed by atoms with Crippen LogP contribution in [0.2, 0.25) is 0 Å². The highest BCUT2D eigenvalue weighted by Gasteiger charge is 2.48. The van der Waals surface area contributed by atoms with Gasteiger partial charge in [-0.05, 0) is 30.9 Å². The highest BCUT2D eigenvalue weighted by molar-refractivity contribution is 6.66. The lowest BCUT2D eigenvalue weighted by Crippen LogP contribution is -3.09. The average Bonchev–Trinajstić information content (AvgIpc) is 3.57. The molecule has 0 aromatic heterocycles. The molecule has 53 heavy (non-hydrogen) atoms. The van der Waals surface area contributed by atoms with Gasteiger partial charge in [-0.15, -0.1) is 0 Å². The van der Waals surface area contributed by atoms with Gasteiger partial charge in [0.25, 0.3) is 5.84 Å². The smallest absolute Gasteiger partial charge is 0.262 e. The first-order chi connectivity index (χ1) is 25.6. The van der Waals surface area contributed by atoms with E-state index in [0.29, 0.717) is 29.0 Å². The number of quaternary nitrogens is 1. The van der Waals surface area contributed by atoms with E-state index >= 15 is 0 Å². The second kappa shape index (κ2) is 13.7. The molecule has 5 aliphatic rings. The lowest BCUT2D eigenvalue weighted by atomic mass is 9.74. The molecule has 0 radical (unpaired) electrons. The number of phenolic OH excluding ortho intramolecular Hbond substituents is 1. The molecular weight excluding hydrogens is 690 g/mol. The number of benzene rings is 3. The molecule has 4 aliphatic heterocycles. The van der Waals surface area contributed by atoms with Gasteiger partial charge in [-0.3, -0.25) is 15.0 Å². The molecule has 7 N–H and O–H groups in total. The number of aromatic hydroxyl groups is 1. The van der Waals surface area contributed by atoms with Gasteiger partial charge in [-0.25, -0.2) is 14.9 Å². The van der Waals surface area contributed by atoms with Gasteiger partial charge in [0.1, 0.15) is 30.1 Å². The Morgan fingerprint density at radius 1 is 0.906 bits per heavy atom. The molecule has 4 heterocycles. The Hall–Kier alpha value is -5.20. The molecular formula is C37H35N5O11. The Balaban J connectivity index is 1.38. The van der Waals surface area contributed by atoms with Crippen molar-refractivity contribution < 1.29 is 59.3 Å². The number of fused-ring (bicyclic) bond motifs is 6. The van der Waals surface area contributed by atoms with Gasteiger partial charge < -0.3 is 44.8 Å². The van der Waals surface area contributed by atoms with Crippen molar-refractivity contribution in [2.75, 3.05) is 26.5 Å². The van der Waals surface area contributed by atoms with Gasteiger partial charge in [0, 0.05) is 46.2 Å². The number of nitrogens with one attached hydrogen (secondary N) is 2. The predicted octanol–water partition coefficient (Wildman–Crippen LogP) is -1.06. The van der Waals surface area contributed by atoms with Crippen molar-refractivity contribution in [3.63, 3.8) is 0 Å². The molecule has 1 fully saturated rings. The van der Waals surface area contributed by atoms with Gasteiger partial charge in [-0.1, -0.05) is 42.5 Å². The van der Waals surface area contributed by atoms with Crippen LogP contribution in [0.5, 0.6) is 11.5 Å². The summed E-state index contributed by atoms with van der Waals surface area (Å²) in [5.41, 5.74) is 1.17. The van der Waals surface area contributed by atoms with Crippen molar-refractivity contribution in [3.8, 4) is 11.5 Å². The Morgan fingerprint density at radius 2 is 1.64 bits per heavy atom. The van der Waals surface area contributed by atoms with Crippen LogP contribution in [0.1, 0.15) is 61.7 Å². The molecule has 1 saturated heterocycles. The predicted molar refractivity (Wildman–Crippen MR) is 183 cm³/mol. The average molecular weight is 726 g/mol. The maximum atomic E-state index is 14.1. The fraction of sp³-hybridized carbons (Fsp3) is 0.351. The van der Waals surface area contributed by atoms with Crippen molar-refractivity contribution in [1.29, 1.82) is 5.41 Å². The van der Waals surface area contributed by atoms with Crippen LogP contribution in [0.15, 0.2) is 69.6 Å². The van der Waals surface area contributed by atoms with Crippen LogP contribution in [-0.2, 0) is 9.47 Å². The lowest BCUT2D eigenvalue weighted by molar-refractivity contribution is -0.723. The van der Waals surface area contributed by atoms with E-state index in [1.807, 2.05) is 0 Å². The number of ketones is 2. The normalized spacial score (nSPS) is 29.4. The van der Waals surface area contributed by atoms with Crippen LogP contribution in [-0.4, -0.2) is 118 Å². The second-order valence-electron chi connectivity index (χ2n) is 13.5. The van der Waals surface area contributed by atoms with E-state index in [0.717, 1.165) is 0 Å². The number of para-hydroxylation sites is 1. The van der Waals surface area contributed by atoms with Crippen LogP contribution in [0.25, 0.3) is 0 Å². The number of aliphatic imine (C=N–C) groups is 3.